The number of hydrogen-bond acceptors (Lipinski definition) is 3. The van der Waals surface area contributed by atoms with Crippen molar-refractivity contribution in [2.24, 2.45) is 22.9 Å². The number of hydrogen-bond donors (Lipinski definition) is 2. The molecule has 4 nitrogen and oxygen atoms in total. The molecule has 21 heavy (non-hydrogen) atoms. The van der Waals surface area contributed by atoms with Gasteiger partial charge in [-0.2, -0.15) is 5.10 Å². The van der Waals surface area contributed by atoms with E-state index in [9.17, 15) is 9.90 Å². The van der Waals surface area contributed by atoms with E-state index in [0.29, 0.717) is 23.3 Å². The maximum absolute atomic E-state index is 12.1. The van der Waals surface area contributed by atoms with Crippen molar-refractivity contribution in [1.29, 1.82) is 0 Å². The van der Waals surface area contributed by atoms with Crippen LogP contribution in [-0.2, 0) is 0 Å². The third-order valence-corrected chi connectivity index (χ3v) is 4.19. The standard InChI is InChI=1S/C17H24N2O2/c1-11(2)15-9-4-12(3)10-16(15)18-19-17(21)13-5-7-14(20)8-6-13/h5-8,11-12,15,20H,4,9-10H2,1-3H3,(H,19,21)/b18-16-/t12-,15+/m1/s1. The molecule has 1 fully saturated rings. The van der Waals surface area contributed by atoms with Crippen molar-refractivity contribution < 1.29 is 9.90 Å². The molecule has 1 aromatic carbocycles. The van der Waals surface area contributed by atoms with Crippen molar-refractivity contribution in [3.05, 3.63) is 29.8 Å². The maximum atomic E-state index is 12.1. The Bertz CT molecular complexity index is 520. The lowest BCUT2D eigenvalue weighted by Crippen LogP contribution is -2.31. The van der Waals surface area contributed by atoms with Gasteiger partial charge in [-0.25, -0.2) is 5.43 Å². The maximum Gasteiger partial charge on any atom is 0.271 e. The lowest BCUT2D eigenvalue weighted by molar-refractivity contribution is 0.0954. The number of benzene rings is 1. The number of carbonyl (C=O) groups excluding carboxylic acids is 1. The van der Waals surface area contributed by atoms with Crippen LogP contribution in [0.5, 0.6) is 5.75 Å². The topological polar surface area (TPSA) is 61.7 Å². The first kappa shape index (κ1) is 15.5. The predicted octanol–water partition coefficient (Wildman–Crippen LogP) is 3.57. The van der Waals surface area contributed by atoms with E-state index in [4.69, 9.17) is 0 Å². The molecule has 0 spiro atoms. The van der Waals surface area contributed by atoms with Crippen molar-refractivity contribution in [1.82, 2.24) is 5.43 Å². The van der Waals surface area contributed by atoms with E-state index in [2.05, 4.69) is 31.3 Å². The van der Waals surface area contributed by atoms with E-state index in [1.165, 1.54) is 18.6 Å². The lowest BCUT2D eigenvalue weighted by atomic mass is 9.76. The Labute approximate surface area is 126 Å². The predicted molar refractivity (Wildman–Crippen MR) is 84.4 cm³/mol. The molecule has 0 heterocycles. The van der Waals surface area contributed by atoms with Crippen LogP contribution in [0.2, 0.25) is 0 Å². The lowest BCUT2D eigenvalue weighted by Gasteiger charge is -2.30. The molecule has 2 rings (SSSR count). The summed E-state index contributed by atoms with van der Waals surface area (Å²) in [7, 11) is 0. The monoisotopic (exact) mass is 288 g/mol. The van der Waals surface area contributed by atoms with Crippen molar-refractivity contribution in [2.45, 2.75) is 40.0 Å². The van der Waals surface area contributed by atoms with Crippen LogP contribution in [0.1, 0.15) is 50.4 Å². The summed E-state index contributed by atoms with van der Waals surface area (Å²) in [6.07, 6.45) is 3.33. The fraction of sp³-hybridized carbons (Fsp3) is 0.529. The molecule has 0 aliphatic heterocycles. The highest BCUT2D eigenvalue weighted by Gasteiger charge is 2.27. The second-order valence-corrected chi connectivity index (χ2v) is 6.33. The zero-order valence-corrected chi connectivity index (χ0v) is 13.0. The van der Waals surface area contributed by atoms with Gasteiger partial charge in [-0.1, -0.05) is 20.8 Å². The summed E-state index contributed by atoms with van der Waals surface area (Å²) in [6.45, 7) is 6.64. The summed E-state index contributed by atoms with van der Waals surface area (Å²) < 4.78 is 0. The molecule has 0 unspecified atom stereocenters. The number of hydrazone groups is 1. The van der Waals surface area contributed by atoms with Gasteiger partial charge in [-0.05, 0) is 55.4 Å². The van der Waals surface area contributed by atoms with Crippen LogP contribution in [0.3, 0.4) is 0 Å². The number of amides is 1. The molecule has 1 saturated carbocycles. The highest BCUT2D eigenvalue weighted by atomic mass is 16.3. The van der Waals surface area contributed by atoms with E-state index in [1.54, 1.807) is 12.1 Å². The third-order valence-electron chi connectivity index (χ3n) is 4.19. The molecule has 114 valence electrons. The molecule has 1 aliphatic carbocycles. The molecule has 0 radical (unpaired) electrons. The van der Waals surface area contributed by atoms with Crippen molar-refractivity contribution in [3.8, 4) is 5.75 Å². The van der Waals surface area contributed by atoms with E-state index in [-0.39, 0.29) is 11.7 Å². The van der Waals surface area contributed by atoms with E-state index >= 15 is 0 Å². The minimum absolute atomic E-state index is 0.152. The average molecular weight is 288 g/mol. The summed E-state index contributed by atoms with van der Waals surface area (Å²) in [4.78, 5) is 12.1. The fourth-order valence-electron chi connectivity index (χ4n) is 2.89. The molecule has 2 atom stereocenters. The highest BCUT2D eigenvalue weighted by molar-refractivity contribution is 5.96. The van der Waals surface area contributed by atoms with Gasteiger partial charge < -0.3 is 5.11 Å². The number of carbonyl (C=O) groups is 1. The summed E-state index contributed by atoms with van der Waals surface area (Å²) in [5, 5.41) is 13.6. The number of nitrogens with zero attached hydrogens (tertiary/aromatic N) is 1. The van der Waals surface area contributed by atoms with E-state index < -0.39 is 0 Å². The highest BCUT2D eigenvalue weighted by Crippen LogP contribution is 2.31. The fourth-order valence-corrected chi connectivity index (χ4v) is 2.89. The largest absolute Gasteiger partial charge is 0.508 e. The molecular formula is C17H24N2O2. The minimum atomic E-state index is -0.233. The summed E-state index contributed by atoms with van der Waals surface area (Å²) in [5.41, 5.74) is 4.27. The average Bonchev–Trinajstić information content (AvgIpc) is 2.45. The molecule has 2 N–H and O–H groups in total. The summed E-state index contributed by atoms with van der Waals surface area (Å²) >= 11 is 0. The van der Waals surface area contributed by atoms with Crippen LogP contribution < -0.4 is 5.43 Å². The van der Waals surface area contributed by atoms with Gasteiger partial charge in [0.25, 0.3) is 5.91 Å². The molecule has 0 aromatic heterocycles. The van der Waals surface area contributed by atoms with Gasteiger partial charge in [-0.15, -0.1) is 0 Å². The first-order chi connectivity index (χ1) is 9.97. The second kappa shape index (κ2) is 6.74. The quantitative estimate of drug-likeness (QED) is 0.835. The zero-order chi connectivity index (χ0) is 15.4. The van der Waals surface area contributed by atoms with Gasteiger partial charge >= 0.3 is 0 Å². The van der Waals surface area contributed by atoms with Crippen LogP contribution in [0.25, 0.3) is 0 Å². The van der Waals surface area contributed by atoms with Crippen LogP contribution >= 0.6 is 0 Å². The van der Waals surface area contributed by atoms with Crippen molar-refractivity contribution in [3.63, 3.8) is 0 Å². The number of phenolic OH excluding ortho intramolecular Hbond substituents is 1. The smallest absolute Gasteiger partial charge is 0.271 e. The number of aromatic hydroxyl groups is 1. The Morgan fingerprint density at radius 2 is 1.95 bits per heavy atom. The van der Waals surface area contributed by atoms with Crippen LogP contribution in [-0.4, -0.2) is 16.7 Å². The first-order valence-corrected chi connectivity index (χ1v) is 7.63. The first-order valence-electron chi connectivity index (χ1n) is 7.63. The van der Waals surface area contributed by atoms with Crippen LogP contribution in [0.4, 0.5) is 0 Å². The third kappa shape index (κ3) is 4.06. The number of rotatable bonds is 3. The van der Waals surface area contributed by atoms with E-state index in [0.717, 1.165) is 18.6 Å². The Morgan fingerprint density at radius 3 is 2.57 bits per heavy atom. The van der Waals surface area contributed by atoms with Crippen molar-refractivity contribution in [2.75, 3.05) is 0 Å². The van der Waals surface area contributed by atoms with Gasteiger partial charge in [0.2, 0.25) is 0 Å². The van der Waals surface area contributed by atoms with E-state index in [1.807, 2.05) is 0 Å². The Balaban J connectivity index is 2.06. The van der Waals surface area contributed by atoms with Gasteiger partial charge in [0, 0.05) is 17.2 Å². The van der Waals surface area contributed by atoms with Gasteiger partial charge in [-0.3, -0.25) is 4.79 Å². The minimum Gasteiger partial charge on any atom is -0.508 e. The number of nitrogens with one attached hydrogen (secondary N) is 1. The SMILES string of the molecule is CC(C)[C@@H]1CC[C@@H](C)C/C1=N/NC(=O)c1ccc(O)cc1. The Morgan fingerprint density at radius 1 is 1.29 bits per heavy atom. The zero-order valence-electron chi connectivity index (χ0n) is 13.0. The molecule has 4 heteroatoms. The molecule has 0 bridgehead atoms. The molecular weight excluding hydrogens is 264 g/mol. The summed E-state index contributed by atoms with van der Waals surface area (Å²) in [6, 6.07) is 6.19. The molecule has 0 saturated heterocycles. The van der Waals surface area contributed by atoms with Crippen LogP contribution in [0, 0.1) is 17.8 Å². The Kier molecular flexibility index (Phi) is 4.99. The normalized spacial score (nSPS) is 24.3. The van der Waals surface area contributed by atoms with Gasteiger partial charge in [0.1, 0.15) is 5.75 Å². The summed E-state index contributed by atoms with van der Waals surface area (Å²) in [5.74, 6) is 1.55. The van der Waals surface area contributed by atoms with Crippen molar-refractivity contribution >= 4 is 11.6 Å². The van der Waals surface area contributed by atoms with Gasteiger partial charge in [0.15, 0.2) is 0 Å². The number of phenols is 1. The Hall–Kier alpha value is -1.84. The molecule has 1 aliphatic rings. The second-order valence-electron chi connectivity index (χ2n) is 6.33. The van der Waals surface area contributed by atoms with Crippen LogP contribution in [0.15, 0.2) is 29.4 Å². The molecule has 1 amide bonds. The van der Waals surface area contributed by atoms with Gasteiger partial charge in [0.05, 0.1) is 0 Å². The molecule has 1 aromatic rings.